The SMILES string of the molecule is CS(=O)(=O)/C(F)=C\[C@@H](C[C@H]1CCNC1=O)NC(=O)[C@@H]1[C@@H]2CC[C@@H](CC2(F)F)N1C(=O)CNc1cccc(Cl)c1. The fourth-order valence-corrected chi connectivity index (χ4v) is 6.23. The van der Waals surface area contributed by atoms with Crippen molar-refractivity contribution in [1.82, 2.24) is 15.5 Å². The number of alkyl halides is 2. The molecular formula is C25H30ClF3N4O5S. The zero-order valence-corrected chi connectivity index (χ0v) is 22.7. The molecule has 9 nitrogen and oxygen atoms in total. The van der Waals surface area contributed by atoms with Gasteiger partial charge in [-0.3, -0.25) is 14.4 Å². The van der Waals surface area contributed by atoms with E-state index < -0.39 is 69.1 Å². The summed E-state index contributed by atoms with van der Waals surface area (Å²) >= 11 is 5.97. The van der Waals surface area contributed by atoms with Gasteiger partial charge < -0.3 is 20.9 Å². The number of sulfone groups is 1. The maximum Gasteiger partial charge on any atom is 0.255 e. The first kappa shape index (κ1) is 29.2. The summed E-state index contributed by atoms with van der Waals surface area (Å²) in [6.07, 6.45) is 1.27. The maximum atomic E-state index is 15.0. The molecule has 3 N–H and O–H groups in total. The van der Waals surface area contributed by atoms with Gasteiger partial charge in [0.1, 0.15) is 6.04 Å². The first-order valence-electron chi connectivity index (χ1n) is 12.6. The molecule has 0 spiro atoms. The molecule has 3 heterocycles. The van der Waals surface area contributed by atoms with Crippen LogP contribution in [0.15, 0.2) is 35.5 Å². The Balaban J connectivity index is 1.58. The van der Waals surface area contributed by atoms with Crippen LogP contribution in [-0.4, -0.2) is 74.4 Å². The number of amides is 3. The molecule has 4 fully saturated rings. The highest BCUT2D eigenvalue weighted by molar-refractivity contribution is 7.94. The van der Waals surface area contributed by atoms with Crippen molar-refractivity contribution >= 4 is 44.8 Å². The molecule has 0 unspecified atom stereocenters. The third kappa shape index (κ3) is 6.68. The molecule has 1 aromatic carbocycles. The zero-order valence-electron chi connectivity index (χ0n) is 21.1. The summed E-state index contributed by atoms with van der Waals surface area (Å²) in [4.78, 5) is 40.1. The fourth-order valence-electron chi connectivity index (χ4n) is 5.63. The quantitative estimate of drug-likeness (QED) is 0.406. The Morgan fingerprint density at radius 3 is 2.64 bits per heavy atom. The van der Waals surface area contributed by atoms with Gasteiger partial charge in [0.25, 0.3) is 5.92 Å². The third-order valence-corrected chi connectivity index (χ3v) is 8.56. The topological polar surface area (TPSA) is 125 Å². The number of carbonyl (C=O) groups is 3. The normalized spacial score (nSPS) is 27.2. The second-order valence-corrected chi connectivity index (χ2v) is 12.7. The van der Waals surface area contributed by atoms with E-state index >= 15 is 0 Å². The van der Waals surface area contributed by atoms with Crippen molar-refractivity contribution in [3.63, 3.8) is 0 Å². The van der Waals surface area contributed by atoms with Crippen LogP contribution >= 0.6 is 11.6 Å². The minimum atomic E-state index is -4.25. The average molecular weight is 591 g/mol. The van der Waals surface area contributed by atoms with Gasteiger partial charge in [0.2, 0.25) is 32.7 Å². The number of benzene rings is 1. The van der Waals surface area contributed by atoms with Gasteiger partial charge in [0.15, 0.2) is 0 Å². The Hall–Kier alpha value is -2.80. The molecule has 0 aromatic heterocycles. The average Bonchev–Trinajstić information content (AvgIpc) is 3.25. The molecule has 5 atom stereocenters. The van der Waals surface area contributed by atoms with Crippen LogP contribution in [0.1, 0.15) is 32.1 Å². The number of nitrogens with zero attached hydrogens (tertiary/aromatic N) is 1. The van der Waals surface area contributed by atoms with Crippen molar-refractivity contribution in [2.75, 3.05) is 24.7 Å². The Labute approximate surface area is 229 Å². The van der Waals surface area contributed by atoms with Gasteiger partial charge >= 0.3 is 0 Å². The van der Waals surface area contributed by atoms with Crippen molar-refractivity contribution in [1.29, 1.82) is 0 Å². The van der Waals surface area contributed by atoms with Gasteiger partial charge in [-0.05, 0) is 50.0 Å². The second-order valence-electron chi connectivity index (χ2n) is 10.3. The number of halogens is 4. The van der Waals surface area contributed by atoms with Crippen LogP contribution in [0.5, 0.6) is 0 Å². The van der Waals surface area contributed by atoms with E-state index in [4.69, 9.17) is 11.6 Å². The fraction of sp³-hybridized carbons (Fsp3) is 0.560. The van der Waals surface area contributed by atoms with Gasteiger partial charge in [0, 0.05) is 41.9 Å². The molecule has 214 valence electrons. The van der Waals surface area contributed by atoms with Crippen LogP contribution in [-0.2, 0) is 24.2 Å². The summed E-state index contributed by atoms with van der Waals surface area (Å²) in [5.41, 5.74) is 0.528. The lowest BCUT2D eigenvalue weighted by atomic mass is 9.71. The lowest BCUT2D eigenvalue weighted by Gasteiger charge is -2.53. The zero-order chi connectivity index (χ0) is 28.5. The predicted octanol–water partition coefficient (Wildman–Crippen LogP) is 2.63. The molecule has 39 heavy (non-hydrogen) atoms. The lowest BCUT2D eigenvalue weighted by molar-refractivity contribution is -0.193. The molecule has 4 aliphatic rings. The largest absolute Gasteiger partial charge is 0.376 e. The van der Waals surface area contributed by atoms with Crippen molar-refractivity contribution in [3.05, 3.63) is 40.5 Å². The minimum Gasteiger partial charge on any atom is -0.376 e. The van der Waals surface area contributed by atoms with E-state index in [1.165, 1.54) is 0 Å². The first-order valence-corrected chi connectivity index (χ1v) is 14.9. The van der Waals surface area contributed by atoms with Crippen LogP contribution in [0.4, 0.5) is 18.9 Å². The number of hydrogen-bond acceptors (Lipinski definition) is 6. The summed E-state index contributed by atoms with van der Waals surface area (Å²) in [5, 5.41) is 6.88. The molecular weight excluding hydrogens is 561 g/mol. The van der Waals surface area contributed by atoms with Gasteiger partial charge in [-0.15, -0.1) is 0 Å². The van der Waals surface area contributed by atoms with Crippen LogP contribution in [0.2, 0.25) is 5.02 Å². The minimum absolute atomic E-state index is 0.00446. The molecule has 5 rings (SSSR count). The van der Waals surface area contributed by atoms with Crippen molar-refractivity contribution in [2.45, 2.75) is 56.2 Å². The van der Waals surface area contributed by atoms with Crippen LogP contribution < -0.4 is 16.0 Å². The van der Waals surface area contributed by atoms with Crippen molar-refractivity contribution < 1.29 is 36.0 Å². The number of anilines is 1. The molecule has 1 saturated carbocycles. The Morgan fingerprint density at radius 1 is 1.28 bits per heavy atom. The van der Waals surface area contributed by atoms with Crippen LogP contribution in [0.3, 0.4) is 0 Å². The van der Waals surface area contributed by atoms with Gasteiger partial charge in [0.05, 0.1) is 18.5 Å². The monoisotopic (exact) mass is 590 g/mol. The number of rotatable bonds is 9. The highest BCUT2D eigenvalue weighted by Gasteiger charge is 2.60. The van der Waals surface area contributed by atoms with Gasteiger partial charge in [-0.1, -0.05) is 17.7 Å². The molecule has 0 radical (unpaired) electrons. The Bertz CT molecular complexity index is 1280. The number of nitrogens with one attached hydrogen (secondary N) is 3. The number of carbonyl (C=O) groups excluding carboxylic acids is 3. The highest BCUT2D eigenvalue weighted by Crippen LogP contribution is 2.49. The summed E-state index contributed by atoms with van der Waals surface area (Å²) in [7, 11) is -4.25. The van der Waals surface area contributed by atoms with E-state index in [1.54, 1.807) is 24.3 Å². The van der Waals surface area contributed by atoms with E-state index in [9.17, 15) is 36.0 Å². The summed E-state index contributed by atoms with van der Waals surface area (Å²) in [5.74, 6) is -7.20. The van der Waals surface area contributed by atoms with E-state index in [1.807, 2.05) is 0 Å². The van der Waals surface area contributed by atoms with E-state index in [-0.39, 0.29) is 25.3 Å². The van der Waals surface area contributed by atoms with Gasteiger partial charge in [-0.2, -0.15) is 4.39 Å². The second kappa shape index (κ2) is 11.4. The van der Waals surface area contributed by atoms with Crippen molar-refractivity contribution in [3.8, 4) is 0 Å². The van der Waals surface area contributed by atoms with Crippen LogP contribution in [0, 0.1) is 11.8 Å². The maximum absolute atomic E-state index is 15.0. The van der Waals surface area contributed by atoms with E-state index in [2.05, 4.69) is 16.0 Å². The van der Waals surface area contributed by atoms with Crippen LogP contribution in [0.25, 0.3) is 0 Å². The smallest absolute Gasteiger partial charge is 0.255 e. The highest BCUT2D eigenvalue weighted by atomic mass is 35.5. The summed E-state index contributed by atoms with van der Waals surface area (Å²) < 4.78 is 67.7. The van der Waals surface area contributed by atoms with Crippen molar-refractivity contribution in [2.24, 2.45) is 11.8 Å². The first-order chi connectivity index (χ1) is 18.3. The predicted molar refractivity (Wildman–Crippen MR) is 138 cm³/mol. The van der Waals surface area contributed by atoms with E-state index in [0.29, 0.717) is 42.4 Å². The number of hydrogen-bond donors (Lipinski definition) is 3. The third-order valence-electron chi connectivity index (χ3n) is 7.48. The van der Waals surface area contributed by atoms with E-state index in [0.717, 1.165) is 4.90 Å². The summed E-state index contributed by atoms with van der Waals surface area (Å²) in [6.45, 7) is 0.0795. The number of piperidine rings is 2. The molecule has 1 aromatic rings. The molecule has 3 aliphatic heterocycles. The molecule has 3 saturated heterocycles. The number of fused-ring (bicyclic) bond motifs is 3. The Morgan fingerprint density at radius 2 is 2.03 bits per heavy atom. The molecule has 14 heteroatoms. The lowest BCUT2D eigenvalue weighted by Crippen LogP contribution is -2.69. The Kier molecular flexibility index (Phi) is 8.50. The molecule has 2 bridgehead atoms. The van der Waals surface area contributed by atoms with Gasteiger partial charge in [-0.25, -0.2) is 17.2 Å². The standard InChI is InChI=1S/C25H30ClF3N4O5S/c1-39(37,38)20(27)11-17(9-14-7-8-30-23(14)35)32-24(36)22-19-6-5-18(12-25(19,28)29)33(22)21(34)13-31-16-4-2-3-15(26)10-16/h2-4,10-11,14,17-19,22,31H,5-9,12-13H2,1H3,(H,30,35)(H,32,36)/b20-11-/t14-,17-,18+,19+,22+/m1/s1. The molecule has 1 aliphatic carbocycles. The molecule has 3 amide bonds. The summed E-state index contributed by atoms with van der Waals surface area (Å²) in [6, 6.07) is 2.84.